The Balaban J connectivity index is 1.54. The first-order valence-electron chi connectivity index (χ1n) is 17.4. The number of hydrogen-bond donors (Lipinski definition) is 2. The molecule has 0 amide bonds. The molecule has 1 atom stereocenters. The van der Waals surface area contributed by atoms with Crippen LogP contribution in [0.3, 0.4) is 0 Å². The van der Waals surface area contributed by atoms with E-state index in [1.54, 1.807) is 31.3 Å². The molecule has 3 aromatic heterocycles. The average molecular weight is 743 g/mol. The second-order valence-electron chi connectivity index (χ2n) is 14.1. The zero-order valence-electron chi connectivity index (χ0n) is 29.8. The van der Waals surface area contributed by atoms with E-state index in [9.17, 15) is 31.5 Å². The second kappa shape index (κ2) is 15.5. The van der Waals surface area contributed by atoms with Gasteiger partial charge in [0.1, 0.15) is 18.2 Å². The van der Waals surface area contributed by atoms with Crippen LogP contribution in [0.4, 0.5) is 24.8 Å². The molecule has 11 nitrogen and oxygen atoms in total. The Morgan fingerprint density at radius 1 is 0.962 bits per heavy atom. The van der Waals surface area contributed by atoms with Crippen LogP contribution < -0.4 is 14.4 Å². The summed E-state index contributed by atoms with van der Waals surface area (Å²) in [4.78, 5) is 23.5. The molecule has 15 heteroatoms. The summed E-state index contributed by atoms with van der Waals surface area (Å²) in [5.41, 5.74) is -0.571. The van der Waals surface area contributed by atoms with Gasteiger partial charge in [-0.2, -0.15) is 21.6 Å². The zero-order chi connectivity index (χ0) is 37.7. The lowest BCUT2D eigenvalue weighted by Crippen LogP contribution is -2.42. The minimum absolute atomic E-state index is 0.00905. The quantitative estimate of drug-likeness (QED) is 0.175. The average Bonchev–Trinajstić information content (AvgIpc) is 3.56. The standard InChI is InChI=1S/C37H45F3N6O5S/c1-5-21-36(4,34(47)48)24-45-22-11-7-6-8-13-26-14-9-10-15-27(26)33-28(46-23-20-31(43-46)51-25-35(2,3)37(38,39)40)18-19-29(41-33)44-52(49,50)32-17-12-16-30(45)42-32/h9-10,12,14-20,23H,5-8,11,13,21-22,24-25H2,1-4H3,(H,41,44)(H,47,48)/t36-/m0/s1. The van der Waals surface area contributed by atoms with Gasteiger partial charge in [-0.1, -0.05) is 56.5 Å². The van der Waals surface area contributed by atoms with Crippen molar-refractivity contribution in [3.05, 3.63) is 72.4 Å². The highest BCUT2D eigenvalue weighted by molar-refractivity contribution is 7.92. The summed E-state index contributed by atoms with van der Waals surface area (Å²) in [6.07, 6.45) is 2.26. The van der Waals surface area contributed by atoms with Gasteiger partial charge in [-0.15, -0.1) is 5.10 Å². The fraction of sp³-hybridized carbons (Fsp3) is 0.459. The third-order valence-corrected chi connectivity index (χ3v) is 10.6. The maximum absolute atomic E-state index is 13.8. The number of aliphatic carboxylic acids is 1. The maximum Gasteiger partial charge on any atom is 0.397 e. The van der Waals surface area contributed by atoms with E-state index in [-0.39, 0.29) is 23.3 Å². The lowest BCUT2D eigenvalue weighted by Gasteiger charge is -2.33. The van der Waals surface area contributed by atoms with E-state index in [0.29, 0.717) is 43.0 Å². The molecule has 280 valence electrons. The predicted molar refractivity (Wildman–Crippen MR) is 192 cm³/mol. The normalized spacial score (nSPS) is 16.6. The Hall–Kier alpha value is -4.66. The first kappa shape index (κ1) is 38.6. The molecule has 0 fully saturated rings. The van der Waals surface area contributed by atoms with Crippen LogP contribution in [-0.2, 0) is 21.2 Å². The summed E-state index contributed by atoms with van der Waals surface area (Å²) in [6.45, 7) is 5.78. The van der Waals surface area contributed by atoms with Crippen molar-refractivity contribution in [3.8, 4) is 22.8 Å². The number of aryl methyl sites for hydroxylation is 1. The van der Waals surface area contributed by atoms with E-state index in [2.05, 4.69) is 14.8 Å². The number of halogens is 3. The Morgan fingerprint density at radius 2 is 1.71 bits per heavy atom. The van der Waals surface area contributed by atoms with Crippen LogP contribution in [-0.4, -0.2) is 65.1 Å². The Morgan fingerprint density at radius 3 is 2.44 bits per heavy atom. The van der Waals surface area contributed by atoms with Crippen molar-refractivity contribution in [2.45, 2.75) is 83.8 Å². The van der Waals surface area contributed by atoms with Gasteiger partial charge < -0.3 is 14.7 Å². The number of nitrogens with one attached hydrogen (secondary N) is 1. The summed E-state index contributed by atoms with van der Waals surface area (Å²) in [5, 5.41) is 14.3. The third-order valence-electron chi connectivity index (χ3n) is 9.34. The van der Waals surface area contributed by atoms with Gasteiger partial charge in [0.05, 0.1) is 22.2 Å². The van der Waals surface area contributed by atoms with Crippen molar-refractivity contribution < 1.29 is 36.2 Å². The highest BCUT2D eigenvalue weighted by Gasteiger charge is 2.48. The largest absolute Gasteiger partial charge is 0.481 e. The molecule has 0 unspecified atom stereocenters. The van der Waals surface area contributed by atoms with Crippen LogP contribution in [0.2, 0.25) is 0 Å². The molecule has 2 N–H and O–H groups in total. The van der Waals surface area contributed by atoms with E-state index in [4.69, 9.17) is 9.72 Å². The lowest BCUT2D eigenvalue weighted by molar-refractivity contribution is -0.219. The number of anilines is 2. The molecule has 4 aromatic rings. The van der Waals surface area contributed by atoms with E-state index < -0.39 is 39.6 Å². The number of carbonyl (C=O) groups is 1. The molecule has 0 saturated heterocycles. The van der Waals surface area contributed by atoms with E-state index in [1.807, 2.05) is 36.1 Å². The number of nitrogens with zero attached hydrogens (tertiary/aromatic N) is 5. The van der Waals surface area contributed by atoms with Crippen molar-refractivity contribution in [2.75, 3.05) is 29.3 Å². The van der Waals surface area contributed by atoms with Gasteiger partial charge in [0.2, 0.25) is 5.88 Å². The summed E-state index contributed by atoms with van der Waals surface area (Å²) >= 11 is 0. The Kier molecular flexibility index (Phi) is 11.5. The summed E-state index contributed by atoms with van der Waals surface area (Å²) in [5.74, 6) is -0.553. The first-order chi connectivity index (χ1) is 24.5. The Bertz CT molecular complexity index is 1980. The Labute approximate surface area is 302 Å². The topological polar surface area (TPSA) is 140 Å². The molecular formula is C37H45F3N6O5S. The van der Waals surface area contributed by atoms with Crippen molar-refractivity contribution in [1.82, 2.24) is 19.7 Å². The highest BCUT2D eigenvalue weighted by Crippen LogP contribution is 2.38. The number of hydrogen-bond acceptors (Lipinski definition) is 8. The number of ether oxygens (including phenoxy) is 1. The van der Waals surface area contributed by atoms with E-state index >= 15 is 0 Å². The van der Waals surface area contributed by atoms with Crippen molar-refractivity contribution in [1.29, 1.82) is 0 Å². The number of carboxylic acids is 1. The molecular weight excluding hydrogens is 698 g/mol. The number of aromatic nitrogens is 4. The smallest absolute Gasteiger partial charge is 0.397 e. The fourth-order valence-electron chi connectivity index (χ4n) is 6.11. The monoisotopic (exact) mass is 742 g/mol. The molecule has 0 spiro atoms. The van der Waals surface area contributed by atoms with Gasteiger partial charge >= 0.3 is 12.1 Å². The van der Waals surface area contributed by atoms with Crippen molar-refractivity contribution in [3.63, 3.8) is 0 Å². The number of fused-ring (bicyclic) bond motifs is 6. The molecule has 5 rings (SSSR count). The van der Waals surface area contributed by atoms with Crippen LogP contribution in [0.15, 0.2) is 71.9 Å². The van der Waals surface area contributed by atoms with E-state index in [1.165, 1.54) is 22.9 Å². The van der Waals surface area contributed by atoms with E-state index in [0.717, 1.165) is 50.7 Å². The number of pyridine rings is 2. The SMILES string of the molecule is CCC[C@@](C)(CN1CCCCCCc2ccccc2-c2nc(ccc2-n2ccc(OCC(C)(C)C(F)(F)F)n2)NS(=O)(=O)c2cccc1n2)C(=O)O. The van der Waals surface area contributed by atoms with Crippen LogP contribution >= 0.6 is 0 Å². The molecule has 4 heterocycles. The first-order valence-corrected chi connectivity index (χ1v) is 18.8. The van der Waals surface area contributed by atoms with Crippen LogP contribution in [0, 0.1) is 10.8 Å². The molecule has 1 aliphatic heterocycles. The van der Waals surface area contributed by atoms with Gasteiger partial charge in [-0.05, 0) is 76.3 Å². The fourth-order valence-corrected chi connectivity index (χ4v) is 7.07. The number of benzene rings is 1. The van der Waals surface area contributed by atoms with Crippen LogP contribution in [0.5, 0.6) is 5.88 Å². The maximum atomic E-state index is 13.8. The molecule has 1 aromatic carbocycles. The summed E-state index contributed by atoms with van der Waals surface area (Å²) in [6, 6.07) is 16.9. The summed E-state index contributed by atoms with van der Waals surface area (Å²) < 4.78 is 77.4. The summed E-state index contributed by atoms with van der Waals surface area (Å²) in [7, 11) is -4.27. The predicted octanol–water partition coefficient (Wildman–Crippen LogP) is 7.91. The minimum Gasteiger partial charge on any atom is -0.481 e. The number of carboxylic acid groups (broad SMARTS) is 1. The minimum atomic E-state index is -4.47. The number of sulfonamides is 1. The van der Waals surface area contributed by atoms with Crippen LogP contribution in [0.1, 0.15) is 71.8 Å². The molecule has 0 radical (unpaired) electrons. The third kappa shape index (κ3) is 8.85. The van der Waals surface area contributed by atoms with Crippen molar-refractivity contribution >= 4 is 27.6 Å². The molecule has 52 heavy (non-hydrogen) atoms. The lowest BCUT2D eigenvalue weighted by atomic mass is 9.85. The molecule has 1 aliphatic rings. The van der Waals surface area contributed by atoms with Crippen molar-refractivity contribution in [2.24, 2.45) is 10.8 Å². The number of rotatable bonds is 9. The van der Waals surface area contributed by atoms with Crippen LogP contribution in [0.25, 0.3) is 16.9 Å². The van der Waals surface area contributed by atoms with Gasteiger partial charge in [0.15, 0.2) is 5.03 Å². The van der Waals surface area contributed by atoms with Gasteiger partial charge in [0, 0.05) is 30.9 Å². The van der Waals surface area contributed by atoms with Gasteiger partial charge in [-0.3, -0.25) is 9.52 Å². The highest BCUT2D eigenvalue weighted by atomic mass is 32.2. The molecule has 4 bridgehead atoms. The second-order valence-corrected chi connectivity index (χ2v) is 15.8. The molecule has 0 saturated carbocycles. The molecule has 0 aliphatic carbocycles. The van der Waals surface area contributed by atoms with Gasteiger partial charge in [0.25, 0.3) is 10.0 Å². The number of alkyl halides is 3. The van der Waals surface area contributed by atoms with Gasteiger partial charge in [-0.25, -0.2) is 14.6 Å². The zero-order valence-corrected chi connectivity index (χ0v) is 30.6.